The molecule has 1 heterocycles. The summed E-state index contributed by atoms with van der Waals surface area (Å²) in [5, 5.41) is 13.3. The van der Waals surface area contributed by atoms with Gasteiger partial charge in [0.05, 0.1) is 5.57 Å². The van der Waals surface area contributed by atoms with Crippen LogP contribution in [-0.4, -0.2) is 47.2 Å². The van der Waals surface area contributed by atoms with Gasteiger partial charge in [0.25, 0.3) is 0 Å². The average molecular weight is 367 g/mol. The molecule has 7 nitrogen and oxygen atoms in total. The van der Waals surface area contributed by atoms with Crippen LogP contribution in [0.3, 0.4) is 0 Å². The van der Waals surface area contributed by atoms with E-state index in [-0.39, 0.29) is 7.26 Å². The van der Waals surface area contributed by atoms with Gasteiger partial charge in [0.2, 0.25) is 0 Å². The third-order valence-electron chi connectivity index (χ3n) is 5.16. The van der Waals surface area contributed by atoms with Crippen molar-refractivity contribution in [3.63, 3.8) is 0 Å². The van der Waals surface area contributed by atoms with Gasteiger partial charge in [0, 0.05) is 32.3 Å². The van der Waals surface area contributed by atoms with Crippen molar-refractivity contribution in [2.75, 3.05) is 13.1 Å². The van der Waals surface area contributed by atoms with E-state index in [0.29, 0.717) is 29.2 Å². The summed E-state index contributed by atoms with van der Waals surface area (Å²) in [6.45, 7) is 5.09. The summed E-state index contributed by atoms with van der Waals surface area (Å²) in [7, 11) is 0. The minimum absolute atomic E-state index is 0. The molecule has 7 heteroatoms. The Hall–Kier alpha value is -1.73. The van der Waals surface area contributed by atoms with E-state index < -0.39 is 6.23 Å². The van der Waals surface area contributed by atoms with Crippen LogP contribution in [0.2, 0.25) is 0 Å². The van der Waals surface area contributed by atoms with Gasteiger partial charge < -0.3 is 32.5 Å². The number of nitrogens with two attached hydrogens (primary N) is 3. The Morgan fingerprint density at radius 2 is 1.69 bits per heavy atom. The summed E-state index contributed by atoms with van der Waals surface area (Å²) in [6, 6.07) is 1.24. The van der Waals surface area contributed by atoms with Gasteiger partial charge in [-0.1, -0.05) is 19.3 Å². The molecular weight excluding hydrogens is 328 g/mol. The third kappa shape index (κ3) is 6.21. The van der Waals surface area contributed by atoms with Crippen LogP contribution >= 0.6 is 0 Å². The summed E-state index contributed by atoms with van der Waals surface area (Å²) < 4.78 is 0. The highest BCUT2D eigenvalue weighted by atomic mass is 16.3. The number of aliphatic hydroxyl groups is 1. The highest BCUT2D eigenvalue weighted by Crippen LogP contribution is 2.21. The van der Waals surface area contributed by atoms with E-state index in [1.165, 1.54) is 32.1 Å². The fourth-order valence-corrected chi connectivity index (χ4v) is 3.84. The molecule has 0 aromatic heterocycles. The zero-order valence-corrected chi connectivity index (χ0v) is 16.2. The van der Waals surface area contributed by atoms with Gasteiger partial charge in [-0.3, -0.25) is 0 Å². The SMILES string of the molecule is C/C(N)=C/C(C(/N)=N/C(C)O)=C(\N)N1CCC(NC2CCCCC2)CC1.[HH]. The number of hydrogen-bond acceptors (Lipinski definition) is 6. The second-order valence-corrected chi connectivity index (χ2v) is 7.60. The van der Waals surface area contributed by atoms with Gasteiger partial charge in [0.1, 0.15) is 17.9 Å². The highest BCUT2D eigenvalue weighted by molar-refractivity contribution is 6.00. The molecule has 2 rings (SSSR count). The van der Waals surface area contributed by atoms with Gasteiger partial charge >= 0.3 is 0 Å². The van der Waals surface area contributed by atoms with Crippen LogP contribution in [0.5, 0.6) is 0 Å². The fourth-order valence-electron chi connectivity index (χ4n) is 3.84. The minimum atomic E-state index is -0.880. The first-order valence-electron chi connectivity index (χ1n) is 9.83. The monoisotopic (exact) mass is 366 g/mol. The van der Waals surface area contributed by atoms with Crippen molar-refractivity contribution in [2.45, 2.75) is 77.1 Å². The Bertz CT molecular complexity index is 542. The molecule has 1 saturated carbocycles. The minimum Gasteiger partial charge on any atom is -0.402 e. The largest absolute Gasteiger partial charge is 0.402 e. The number of nitrogens with one attached hydrogen (secondary N) is 1. The zero-order chi connectivity index (χ0) is 19.1. The predicted molar refractivity (Wildman–Crippen MR) is 109 cm³/mol. The molecule has 0 bridgehead atoms. The Labute approximate surface area is 158 Å². The number of allylic oxidation sites excluding steroid dienone is 1. The molecule has 8 N–H and O–H groups in total. The summed E-state index contributed by atoms with van der Waals surface area (Å²) >= 11 is 0. The lowest BCUT2D eigenvalue weighted by molar-refractivity contribution is 0.205. The topological polar surface area (TPSA) is 126 Å². The van der Waals surface area contributed by atoms with Crippen LogP contribution in [0.25, 0.3) is 0 Å². The summed E-state index contributed by atoms with van der Waals surface area (Å²) in [5.41, 5.74) is 19.4. The second kappa shape index (κ2) is 9.83. The fraction of sp³-hybridized carbons (Fsp3) is 0.737. The number of amidine groups is 1. The van der Waals surface area contributed by atoms with Crippen LogP contribution in [0.1, 0.15) is 60.2 Å². The molecule has 2 fully saturated rings. The molecule has 26 heavy (non-hydrogen) atoms. The first-order chi connectivity index (χ1) is 12.4. The standard InChI is InChI=1S/C19H36N6O.H2/c1-13(20)12-17(18(21)23-14(2)26)19(22)25-10-8-16(9-11-25)24-15-6-4-3-5-7-15;/h12,14-16,24,26H,3-11,20,22H2,1-2H3,(H2,21,23);1H/b13-12-,19-17-;. The van der Waals surface area contributed by atoms with Crippen LogP contribution in [0, 0.1) is 0 Å². The van der Waals surface area contributed by atoms with E-state index in [1.807, 2.05) is 0 Å². The first kappa shape index (κ1) is 20.6. The smallest absolute Gasteiger partial charge is 0.144 e. The van der Waals surface area contributed by atoms with Crippen molar-refractivity contribution in [1.29, 1.82) is 0 Å². The molecule has 0 radical (unpaired) electrons. The average Bonchev–Trinajstić information content (AvgIpc) is 2.60. The van der Waals surface area contributed by atoms with Crippen molar-refractivity contribution in [1.82, 2.24) is 10.2 Å². The van der Waals surface area contributed by atoms with Crippen molar-refractivity contribution in [2.24, 2.45) is 22.2 Å². The van der Waals surface area contributed by atoms with E-state index >= 15 is 0 Å². The molecule has 150 valence electrons. The molecule has 0 spiro atoms. The van der Waals surface area contributed by atoms with E-state index in [9.17, 15) is 5.11 Å². The number of hydrogen-bond donors (Lipinski definition) is 5. The summed E-state index contributed by atoms with van der Waals surface area (Å²) in [5.74, 6) is 0.789. The molecular formula is C19H38N6O. The van der Waals surface area contributed by atoms with Gasteiger partial charge in [-0.25, -0.2) is 4.99 Å². The molecule has 1 saturated heterocycles. The van der Waals surface area contributed by atoms with Crippen LogP contribution < -0.4 is 22.5 Å². The Balaban J connectivity index is 0.00000364. The molecule has 0 aromatic rings. The Morgan fingerprint density at radius 1 is 1.12 bits per heavy atom. The molecule has 1 aliphatic heterocycles. The number of aliphatic hydroxyl groups excluding tert-OH is 1. The van der Waals surface area contributed by atoms with Crippen molar-refractivity contribution in [3.05, 3.63) is 23.2 Å². The second-order valence-electron chi connectivity index (χ2n) is 7.60. The maximum Gasteiger partial charge on any atom is 0.144 e. The lowest BCUT2D eigenvalue weighted by Crippen LogP contribution is -2.47. The van der Waals surface area contributed by atoms with Crippen molar-refractivity contribution < 1.29 is 6.53 Å². The normalized spacial score (nSPS) is 23.7. The molecule has 0 aromatic carbocycles. The summed E-state index contributed by atoms with van der Waals surface area (Å²) in [4.78, 5) is 6.15. The quantitative estimate of drug-likeness (QED) is 0.274. The number of nitrogens with zero attached hydrogens (tertiary/aromatic N) is 2. The number of piperidine rings is 1. The lowest BCUT2D eigenvalue weighted by Gasteiger charge is -2.37. The first-order valence-corrected chi connectivity index (χ1v) is 9.83. The predicted octanol–water partition coefficient (Wildman–Crippen LogP) is 1.35. The lowest BCUT2D eigenvalue weighted by atomic mass is 9.93. The Morgan fingerprint density at radius 3 is 2.23 bits per heavy atom. The van der Waals surface area contributed by atoms with E-state index in [1.54, 1.807) is 19.9 Å². The van der Waals surface area contributed by atoms with E-state index in [0.717, 1.165) is 25.9 Å². The number of aliphatic imine (C=N–C) groups is 1. The van der Waals surface area contributed by atoms with Crippen LogP contribution in [-0.2, 0) is 0 Å². The number of rotatable bonds is 6. The van der Waals surface area contributed by atoms with Gasteiger partial charge in [-0.2, -0.15) is 0 Å². The molecule has 1 unspecified atom stereocenters. The summed E-state index contributed by atoms with van der Waals surface area (Å²) in [6.07, 6.45) is 9.65. The van der Waals surface area contributed by atoms with Crippen LogP contribution in [0.15, 0.2) is 28.2 Å². The van der Waals surface area contributed by atoms with Crippen molar-refractivity contribution in [3.8, 4) is 0 Å². The third-order valence-corrected chi connectivity index (χ3v) is 5.16. The van der Waals surface area contributed by atoms with Gasteiger partial charge in [0.15, 0.2) is 0 Å². The number of likely N-dealkylation sites (tertiary alicyclic amines) is 1. The molecule has 2 aliphatic rings. The molecule has 1 aliphatic carbocycles. The highest BCUT2D eigenvalue weighted by Gasteiger charge is 2.24. The zero-order valence-electron chi connectivity index (χ0n) is 16.2. The van der Waals surface area contributed by atoms with Crippen LogP contribution in [0.4, 0.5) is 0 Å². The Kier molecular flexibility index (Phi) is 7.78. The van der Waals surface area contributed by atoms with Crippen molar-refractivity contribution >= 4 is 5.84 Å². The van der Waals surface area contributed by atoms with E-state index in [4.69, 9.17) is 17.2 Å². The molecule has 1 atom stereocenters. The van der Waals surface area contributed by atoms with Gasteiger partial charge in [-0.15, -0.1) is 0 Å². The maximum absolute atomic E-state index is 9.48. The van der Waals surface area contributed by atoms with Gasteiger partial charge in [-0.05, 0) is 45.6 Å². The maximum atomic E-state index is 9.48. The van der Waals surface area contributed by atoms with E-state index in [2.05, 4.69) is 15.2 Å². The molecule has 0 amide bonds.